The number of hydrazone groups is 1. The first-order chi connectivity index (χ1) is 8.75. The van der Waals surface area contributed by atoms with Crippen LogP contribution < -0.4 is 0 Å². The molecule has 18 heavy (non-hydrogen) atoms. The van der Waals surface area contributed by atoms with Crippen LogP contribution in [0.15, 0.2) is 35.6 Å². The number of nitrogens with zero attached hydrogens (tertiary/aromatic N) is 2. The van der Waals surface area contributed by atoms with Crippen LogP contribution in [0.2, 0.25) is 0 Å². The molecule has 4 nitrogen and oxygen atoms in total. The molecule has 0 aliphatic carbocycles. The average molecular weight is 275 g/mol. The van der Waals surface area contributed by atoms with Crippen LogP contribution in [0, 0.1) is 0 Å². The van der Waals surface area contributed by atoms with Gasteiger partial charge in [0.1, 0.15) is 0 Å². The largest absolute Gasteiger partial charge is 0.361 e. The van der Waals surface area contributed by atoms with Crippen LogP contribution >= 0.6 is 24.0 Å². The number of nitrogens with one attached hydrogen (secondary N) is 1. The Morgan fingerprint density at radius 1 is 1.44 bits per heavy atom. The standard InChI is InChI=1S/C12H9N3OS2/c16-11-7-18-12(17)15(11)14-6-8-5-13-10-4-2-1-3-9(8)10/h1-6,13H,7H2/b14-6+. The molecule has 1 fully saturated rings. The first-order valence-electron chi connectivity index (χ1n) is 5.35. The summed E-state index contributed by atoms with van der Waals surface area (Å²) in [5.74, 6) is 0.311. The molecule has 1 saturated heterocycles. The third-order valence-corrected chi connectivity index (χ3v) is 4.00. The molecule has 2 aromatic rings. The van der Waals surface area contributed by atoms with Crippen molar-refractivity contribution in [1.82, 2.24) is 9.99 Å². The molecule has 1 amide bonds. The monoisotopic (exact) mass is 275 g/mol. The number of hydrogen-bond acceptors (Lipinski definition) is 4. The lowest BCUT2D eigenvalue weighted by atomic mass is 10.2. The lowest BCUT2D eigenvalue weighted by Gasteiger charge is -2.05. The number of aromatic amines is 1. The van der Waals surface area contributed by atoms with Crippen molar-refractivity contribution in [2.75, 3.05) is 5.75 Å². The second kappa shape index (κ2) is 4.55. The third kappa shape index (κ3) is 1.93. The Labute approximate surface area is 113 Å². The highest BCUT2D eigenvalue weighted by atomic mass is 32.2. The topological polar surface area (TPSA) is 48.5 Å². The summed E-state index contributed by atoms with van der Waals surface area (Å²) in [6, 6.07) is 7.94. The van der Waals surface area contributed by atoms with Crippen LogP contribution in [0.4, 0.5) is 0 Å². The number of hydrogen-bond donors (Lipinski definition) is 1. The molecule has 0 spiro atoms. The summed E-state index contributed by atoms with van der Waals surface area (Å²) < 4.78 is 0.510. The van der Waals surface area contributed by atoms with E-state index in [4.69, 9.17) is 12.2 Å². The SMILES string of the molecule is O=C1CSC(=S)N1/N=C/c1c[nH]c2ccccc12. The first kappa shape index (κ1) is 11.4. The van der Waals surface area contributed by atoms with Crippen molar-refractivity contribution in [3.8, 4) is 0 Å². The van der Waals surface area contributed by atoms with Gasteiger partial charge in [0.15, 0.2) is 4.32 Å². The molecule has 6 heteroatoms. The van der Waals surface area contributed by atoms with E-state index in [1.807, 2.05) is 30.5 Å². The number of amides is 1. The van der Waals surface area contributed by atoms with Gasteiger partial charge in [-0.1, -0.05) is 42.2 Å². The van der Waals surface area contributed by atoms with Gasteiger partial charge in [0.25, 0.3) is 5.91 Å². The van der Waals surface area contributed by atoms with Gasteiger partial charge < -0.3 is 4.98 Å². The van der Waals surface area contributed by atoms with E-state index in [9.17, 15) is 4.79 Å². The fourth-order valence-corrected chi connectivity index (χ4v) is 2.75. The quantitative estimate of drug-likeness (QED) is 0.676. The predicted octanol–water partition coefficient (Wildman–Crippen LogP) is 2.36. The maximum absolute atomic E-state index is 11.5. The van der Waals surface area contributed by atoms with Crippen molar-refractivity contribution < 1.29 is 4.79 Å². The number of H-pyrrole nitrogens is 1. The number of carbonyl (C=O) groups is 1. The predicted molar refractivity (Wildman–Crippen MR) is 77.8 cm³/mol. The molecule has 1 aromatic heterocycles. The van der Waals surface area contributed by atoms with E-state index in [2.05, 4.69) is 10.1 Å². The Kier molecular flexibility index (Phi) is 2.89. The van der Waals surface area contributed by atoms with Crippen molar-refractivity contribution in [2.45, 2.75) is 0 Å². The van der Waals surface area contributed by atoms with E-state index >= 15 is 0 Å². The zero-order valence-electron chi connectivity index (χ0n) is 9.29. The Hall–Kier alpha value is -1.66. The highest BCUT2D eigenvalue weighted by molar-refractivity contribution is 8.23. The van der Waals surface area contributed by atoms with Gasteiger partial charge >= 0.3 is 0 Å². The first-order valence-corrected chi connectivity index (χ1v) is 6.75. The van der Waals surface area contributed by atoms with E-state index in [0.29, 0.717) is 10.1 Å². The van der Waals surface area contributed by atoms with Crippen LogP contribution in [0.25, 0.3) is 10.9 Å². The molecule has 1 aromatic carbocycles. The lowest BCUT2D eigenvalue weighted by molar-refractivity contribution is -0.123. The molecular weight excluding hydrogens is 266 g/mol. The summed E-state index contributed by atoms with van der Waals surface area (Å²) >= 11 is 6.40. The van der Waals surface area contributed by atoms with E-state index in [-0.39, 0.29) is 5.91 Å². The summed E-state index contributed by atoms with van der Waals surface area (Å²) in [6.45, 7) is 0. The summed E-state index contributed by atoms with van der Waals surface area (Å²) in [7, 11) is 0. The van der Waals surface area contributed by atoms with E-state index < -0.39 is 0 Å². The zero-order valence-corrected chi connectivity index (χ0v) is 10.9. The molecule has 1 aliphatic heterocycles. The Balaban J connectivity index is 1.92. The maximum Gasteiger partial charge on any atom is 0.259 e. The number of thioether (sulfide) groups is 1. The molecule has 0 atom stereocenters. The van der Waals surface area contributed by atoms with Gasteiger partial charge in [0.2, 0.25) is 0 Å². The summed E-state index contributed by atoms with van der Waals surface area (Å²) in [6.07, 6.45) is 3.53. The van der Waals surface area contributed by atoms with E-state index in [0.717, 1.165) is 16.5 Å². The molecule has 0 radical (unpaired) electrons. The number of aromatic nitrogens is 1. The van der Waals surface area contributed by atoms with E-state index in [1.165, 1.54) is 16.8 Å². The fourth-order valence-electron chi connectivity index (χ4n) is 1.78. The van der Waals surface area contributed by atoms with Crippen molar-refractivity contribution in [3.63, 3.8) is 0 Å². The van der Waals surface area contributed by atoms with Crippen LogP contribution in [0.5, 0.6) is 0 Å². The second-order valence-corrected chi connectivity index (χ2v) is 5.40. The fraction of sp³-hybridized carbons (Fsp3) is 0.0833. The van der Waals surface area contributed by atoms with Crippen molar-refractivity contribution >= 4 is 51.3 Å². The van der Waals surface area contributed by atoms with Gasteiger partial charge in [-0.15, -0.1) is 0 Å². The van der Waals surface area contributed by atoms with Gasteiger partial charge in [-0.25, -0.2) is 0 Å². The number of para-hydroxylation sites is 1. The smallest absolute Gasteiger partial charge is 0.259 e. The van der Waals surface area contributed by atoms with Gasteiger partial charge in [0.05, 0.1) is 12.0 Å². The molecule has 0 bridgehead atoms. The van der Waals surface area contributed by atoms with Crippen LogP contribution in [-0.4, -0.2) is 32.2 Å². The molecule has 3 rings (SSSR count). The summed E-state index contributed by atoms with van der Waals surface area (Å²) in [4.78, 5) is 14.7. The highest BCUT2D eigenvalue weighted by Gasteiger charge is 2.25. The third-order valence-electron chi connectivity index (χ3n) is 2.66. The van der Waals surface area contributed by atoms with Gasteiger partial charge in [-0.05, 0) is 6.07 Å². The Bertz CT molecular complexity index is 646. The molecule has 0 saturated carbocycles. The second-order valence-electron chi connectivity index (χ2n) is 3.79. The van der Waals surface area contributed by atoms with Crippen molar-refractivity contribution in [2.24, 2.45) is 5.10 Å². The number of benzene rings is 1. The molecule has 1 aliphatic rings. The zero-order chi connectivity index (χ0) is 12.5. The normalized spacial score (nSPS) is 16.3. The van der Waals surface area contributed by atoms with Crippen molar-refractivity contribution in [1.29, 1.82) is 0 Å². The maximum atomic E-state index is 11.5. The van der Waals surface area contributed by atoms with Gasteiger partial charge in [0, 0.05) is 22.7 Å². The van der Waals surface area contributed by atoms with Crippen LogP contribution in [-0.2, 0) is 4.79 Å². The number of carbonyl (C=O) groups excluding carboxylic acids is 1. The molecule has 0 unspecified atom stereocenters. The molecule has 1 N–H and O–H groups in total. The van der Waals surface area contributed by atoms with Gasteiger partial charge in [-0.2, -0.15) is 10.1 Å². The van der Waals surface area contributed by atoms with Crippen molar-refractivity contribution in [3.05, 3.63) is 36.0 Å². The number of rotatable bonds is 2. The van der Waals surface area contributed by atoms with E-state index in [1.54, 1.807) is 6.21 Å². The highest BCUT2D eigenvalue weighted by Crippen LogP contribution is 2.20. The minimum Gasteiger partial charge on any atom is -0.361 e. The minimum absolute atomic E-state index is 0.0684. The summed E-state index contributed by atoms with van der Waals surface area (Å²) in [5.41, 5.74) is 1.99. The number of fused-ring (bicyclic) bond motifs is 1. The lowest BCUT2D eigenvalue weighted by Crippen LogP contribution is -2.22. The summed E-state index contributed by atoms with van der Waals surface area (Å²) in [5, 5.41) is 6.51. The van der Waals surface area contributed by atoms with Crippen LogP contribution in [0.3, 0.4) is 0 Å². The Morgan fingerprint density at radius 3 is 3.06 bits per heavy atom. The Morgan fingerprint density at radius 2 is 2.28 bits per heavy atom. The van der Waals surface area contributed by atoms with Crippen LogP contribution in [0.1, 0.15) is 5.56 Å². The number of thiocarbonyl (C=S) groups is 1. The van der Waals surface area contributed by atoms with Gasteiger partial charge in [-0.3, -0.25) is 4.79 Å². The average Bonchev–Trinajstić information content (AvgIpc) is 2.93. The molecule has 90 valence electrons. The molecule has 2 heterocycles. The molecular formula is C12H9N3OS2. The minimum atomic E-state index is -0.0684.